The monoisotopic (exact) mass is 354 g/mol. The Morgan fingerprint density at radius 2 is 2.12 bits per heavy atom. The molecule has 25 heavy (non-hydrogen) atoms. The maximum Gasteiger partial charge on any atom is 0.406 e. The second-order valence-corrected chi connectivity index (χ2v) is 5.86. The van der Waals surface area contributed by atoms with Gasteiger partial charge in [0.15, 0.2) is 0 Å². The molecule has 0 aliphatic heterocycles. The van der Waals surface area contributed by atoms with Crippen LogP contribution in [0.3, 0.4) is 0 Å². The van der Waals surface area contributed by atoms with Gasteiger partial charge in [-0.3, -0.25) is 0 Å². The van der Waals surface area contributed by atoms with Crippen LogP contribution in [-0.4, -0.2) is 33.0 Å². The van der Waals surface area contributed by atoms with Crippen molar-refractivity contribution in [1.29, 1.82) is 0 Å². The van der Waals surface area contributed by atoms with Crippen molar-refractivity contribution in [3.05, 3.63) is 53.6 Å². The number of aliphatic hydroxyl groups excluding tert-OH is 1. The summed E-state index contributed by atoms with van der Waals surface area (Å²) in [6, 6.07) is 6.25. The van der Waals surface area contributed by atoms with Crippen LogP contribution in [0.1, 0.15) is 23.0 Å². The average Bonchev–Trinajstić information content (AvgIpc) is 3.08. The highest BCUT2D eigenvalue weighted by molar-refractivity contribution is 5.74. The van der Waals surface area contributed by atoms with Gasteiger partial charge < -0.3 is 20.3 Å². The number of nitrogens with zero attached hydrogens (tertiary/aromatic N) is 2. The number of imidazole rings is 1. The highest BCUT2D eigenvalue weighted by Crippen LogP contribution is 2.31. The Labute approximate surface area is 141 Å². The number of carbonyl (C=O) groups excluding carboxylic acids is 1. The Hall–Kier alpha value is -2.55. The van der Waals surface area contributed by atoms with Crippen LogP contribution >= 0.6 is 0 Å². The molecule has 1 aromatic heterocycles. The van der Waals surface area contributed by atoms with Gasteiger partial charge in [0.1, 0.15) is 12.4 Å². The van der Waals surface area contributed by atoms with Crippen molar-refractivity contribution >= 4 is 6.03 Å². The van der Waals surface area contributed by atoms with Crippen molar-refractivity contribution in [3.63, 3.8) is 0 Å². The average molecular weight is 354 g/mol. The normalized spacial score (nSPS) is 19.5. The van der Waals surface area contributed by atoms with Crippen LogP contribution in [0.5, 0.6) is 0 Å². The quantitative estimate of drug-likeness (QED) is 0.785. The molecule has 0 fully saturated rings. The first-order chi connectivity index (χ1) is 11.8. The van der Waals surface area contributed by atoms with E-state index in [0.29, 0.717) is 6.42 Å². The second kappa shape index (κ2) is 6.75. The minimum absolute atomic E-state index is 0.0971. The van der Waals surface area contributed by atoms with Gasteiger partial charge in [0.25, 0.3) is 0 Å². The standard InChI is InChI=1S/C16H17F3N4O2/c17-16(18,19)9-23-6-5-20-13(23)8-21-15(25)22-14-11-4-2-1-3-10(11)7-12(14)24/h1-6,12,14,24H,7-9H2,(H2,21,22,25)/t12-,14+/m0/s1. The van der Waals surface area contributed by atoms with Gasteiger partial charge in [-0.25, -0.2) is 9.78 Å². The molecule has 6 nitrogen and oxygen atoms in total. The van der Waals surface area contributed by atoms with Gasteiger partial charge in [-0.1, -0.05) is 24.3 Å². The molecule has 0 saturated heterocycles. The molecule has 1 aliphatic carbocycles. The van der Waals surface area contributed by atoms with E-state index in [1.807, 2.05) is 24.3 Å². The lowest BCUT2D eigenvalue weighted by molar-refractivity contribution is -0.141. The smallest absolute Gasteiger partial charge is 0.390 e. The first-order valence-corrected chi connectivity index (χ1v) is 7.70. The van der Waals surface area contributed by atoms with E-state index in [9.17, 15) is 23.1 Å². The largest absolute Gasteiger partial charge is 0.406 e. The zero-order valence-corrected chi connectivity index (χ0v) is 13.1. The van der Waals surface area contributed by atoms with Gasteiger partial charge in [0, 0.05) is 18.8 Å². The summed E-state index contributed by atoms with van der Waals surface area (Å²) in [6.07, 6.45) is -2.21. The molecule has 0 bridgehead atoms. The maximum atomic E-state index is 12.5. The number of benzene rings is 1. The summed E-state index contributed by atoms with van der Waals surface area (Å²) in [4.78, 5) is 15.9. The van der Waals surface area contributed by atoms with Crippen LogP contribution in [0.4, 0.5) is 18.0 Å². The van der Waals surface area contributed by atoms with Gasteiger partial charge in [-0.15, -0.1) is 0 Å². The van der Waals surface area contributed by atoms with E-state index in [0.717, 1.165) is 15.7 Å². The Morgan fingerprint density at radius 3 is 2.88 bits per heavy atom. The molecule has 1 heterocycles. The molecule has 2 atom stereocenters. The molecule has 3 rings (SSSR count). The van der Waals surface area contributed by atoms with Crippen LogP contribution in [0.25, 0.3) is 0 Å². The van der Waals surface area contributed by atoms with Crippen LogP contribution in [0.2, 0.25) is 0 Å². The Bertz CT molecular complexity index is 760. The van der Waals surface area contributed by atoms with Gasteiger partial charge in [0.05, 0.1) is 18.7 Å². The predicted octanol–water partition coefficient (Wildman–Crippen LogP) is 1.90. The summed E-state index contributed by atoms with van der Waals surface area (Å²) >= 11 is 0. The predicted molar refractivity (Wildman–Crippen MR) is 82.5 cm³/mol. The zero-order chi connectivity index (χ0) is 18.0. The van der Waals surface area contributed by atoms with E-state index >= 15 is 0 Å². The molecule has 0 unspecified atom stereocenters. The summed E-state index contributed by atoms with van der Waals surface area (Å²) in [7, 11) is 0. The van der Waals surface area contributed by atoms with E-state index < -0.39 is 30.9 Å². The molecule has 1 aromatic carbocycles. The minimum atomic E-state index is -4.37. The number of hydrogen-bond acceptors (Lipinski definition) is 3. The van der Waals surface area contributed by atoms with Crippen molar-refractivity contribution in [1.82, 2.24) is 20.2 Å². The van der Waals surface area contributed by atoms with Crippen LogP contribution < -0.4 is 10.6 Å². The van der Waals surface area contributed by atoms with Crippen molar-refractivity contribution < 1.29 is 23.1 Å². The Balaban J connectivity index is 1.59. The number of nitrogens with one attached hydrogen (secondary N) is 2. The van der Waals surface area contributed by atoms with Gasteiger partial charge in [0.2, 0.25) is 0 Å². The van der Waals surface area contributed by atoms with E-state index in [-0.39, 0.29) is 12.4 Å². The van der Waals surface area contributed by atoms with E-state index in [1.54, 1.807) is 0 Å². The molecule has 1 aliphatic rings. The third kappa shape index (κ3) is 4.11. The zero-order valence-electron chi connectivity index (χ0n) is 13.1. The number of aromatic nitrogens is 2. The molecule has 2 aromatic rings. The fourth-order valence-electron chi connectivity index (χ4n) is 2.94. The van der Waals surface area contributed by atoms with Crippen molar-refractivity contribution in [2.24, 2.45) is 0 Å². The SMILES string of the molecule is O=C(NCc1nccn1CC(F)(F)F)N[C@@H]1c2ccccc2C[C@@H]1O. The number of fused-ring (bicyclic) bond motifs is 1. The molecule has 134 valence electrons. The second-order valence-electron chi connectivity index (χ2n) is 5.86. The number of halogens is 3. The lowest BCUT2D eigenvalue weighted by Crippen LogP contribution is -2.41. The molecule has 0 saturated carbocycles. The third-order valence-electron chi connectivity index (χ3n) is 4.05. The van der Waals surface area contributed by atoms with Gasteiger partial charge >= 0.3 is 12.2 Å². The first kappa shape index (κ1) is 17.3. The van der Waals surface area contributed by atoms with E-state index in [4.69, 9.17) is 0 Å². The molecule has 2 amide bonds. The lowest BCUT2D eigenvalue weighted by Gasteiger charge is -2.18. The van der Waals surface area contributed by atoms with Crippen molar-refractivity contribution in [3.8, 4) is 0 Å². The molecular formula is C16H17F3N4O2. The highest BCUT2D eigenvalue weighted by atomic mass is 19.4. The number of amides is 2. The fourth-order valence-corrected chi connectivity index (χ4v) is 2.94. The van der Waals surface area contributed by atoms with Crippen LogP contribution in [-0.2, 0) is 19.5 Å². The molecule has 9 heteroatoms. The fraction of sp³-hybridized carbons (Fsp3) is 0.375. The number of rotatable bonds is 4. The molecular weight excluding hydrogens is 337 g/mol. The molecule has 3 N–H and O–H groups in total. The number of alkyl halides is 3. The van der Waals surface area contributed by atoms with Gasteiger partial charge in [-0.2, -0.15) is 13.2 Å². The molecule has 0 spiro atoms. The lowest BCUT2D eigenvalue weighted by atomic mass is 10.1. The van der Waals surface area contributed by atoms with E-state index in [2.05, 4.69) is 15.6 Å². The Kier molecular flexibility index (Phi) is 4.67. The highest BCUT2D eigenvalue weighted by Gasteiger charge is 2.32. The third-order valence-corrected chi connectivity index (χ3v) is 4.05. The maximum absolute atomic E-state index is 12.5. The summed E-state index contributed by atoms with van der Waals surface area (Å²) < 4.78 is 38.4. The number of hydrogen-bond donors (Lipinski definition) is 3. The van der Waals surface area contributed by atoms with Crippen molar-refractivity contribution in [2.75, 3.05) is 0 Å². The van der Waals surface area contributed by atoms with E-state index in [1.165, 1.54) is 12.4 Å². The van der Waals surface area contributed by atoms with Crippen LogP contribution in [0.15, 0.2) is 36.7 Å². The number of aliphatic hydroxyl groups is 1. The summed E-state index contributed by atoms with van der Waals surface area (Å²) in [6.45, 7) is -1.32. The Morgan fingerprint density at radius 1 is 1.36 bits per heavy atom. The molecule has 0 radical (unpaired) electrons. The van der Waals surface area contributed by atoms with Gasteiger partial charge in [-0.05, 0) is 11.1 Å². The van der Waals surface area contributed by atoms with Crippen molar-refractivity contribution in [2.45, 2.75) is 37.8 Å². The summed E-state index contributed by atoms with van der Waals surface area (Å²) in [5.41, 5.74) is 1.80. The number of carbonyl (C=O) groups is 1. The number of urea groups is 1. The summed E-state index contributed by atoms with van der Waals surface area (Å²) in [5.74, 6) is 0.0971. The minimum Gasteiger partial charge on any atom is -0.390 e. The topological polar surface area (TPSA) is 79.2 Å². The first-order valence-electron chi connectivity index (χ1n) is 7.70. The summed E-state index contributed by atoms with van der Waals surface area (Å²) in [5, 5.41) is 15.2. The van der Waals surface area contributed by atoms with Crippen LogP contribution in [0, 0.1) is 0 Å².